The number of benzene rings is 1. The second-order valence-electron chi connectivity index (χ2n) is 6.40. The van der Waals surface area contributed by atoms with Gasteiger partial charge in [-0.05, 0) is 26.4 Å². The lowest BCUT2D eigenvalue weighted by Gasteiger charge is -2.30. The minimum atomic E-state index is 0.0531. The fourth-order valence-electron chi connectivity index (χ4n) is 2.45. The Morgan fingerprint density at radius 3 is 2.21 bits per heavy atom. The van der Waals surface area contributed by atoms with Crippen LogP contribution in [0.4, 0.5) is 0 Å². The number of nitrogens with zero attached hydrogens (tertiary/aromatic N) is 1. The van der Waals surface area contributed by atoms with E-state index in [1.54, 1.807) is 7.11 Å². The Morgan fingerprint density at radius 2 is 1.84 bits per heavy atom. The van der Waals surface area contributed by atoms with Crippen LogP contribution in [-0.2, 0) is 5.41 Å². The van der Waals surface area contributed by atoms with Crippen LogP contribution in [0.25, 0.3) is 0 Å². The summed E-state index contributed by atoms with van der Waals surface area (Å²) in [6.07, 6.45) is 0. The van der Waals surface area contributed by atoms with Crippen LogP contribution in [0.15, 0.2) is 12.1 Å². The topological polar surface area (TPSA) is 38.5 Å². The van der Waals surface area contributed by atoms with Crippen LogP contribution in [0.1, 0.15) is 43.5 Å². The van der Waals surface area contributed by atoms with E-state index >= 15 is 0 Å². The minimum absolute atomic E-state index is 0.0531. The lowest BCUT2D eigenvalue weighted by atomic mass is 9.83. The Morgan fingerprint density at radius 1 is 1.26 bits per heavy atom. The molecule has 2 N–H and O–H groups in total. The van der Waals surface area contributed by atoms with Crippen molar-refractivity contribution in [1.29, 1.82) is 0 Å². The van der Waals surface area contributed by atoms with Gasteiger partial charge in [0.1, 0.15) is 5.75 Å². The molecule has 0 fully saturated rings. The molecule has 0 heterocycles. The van der Waals surface area contributed by atoms with E-state index in [1.807, 2.05) is 0 Å². The molecule has 3 nitrogen and oxygen atoms in total. The number of likely N-dealkylation sites (N-methyl/N-ethyl adjacent to an activating group) is 1. The molecule has 0 aromatic heterocycles. The summed E-state index contributed by atoms with van der Waals surface area (Å²) in [5.74, 6) is 0.974. The molecule has 0 saturated heterocycles. The van der Waals surface area contributed by atoms with Gasteiger partial charge in [0.05, 0.1) is 13.2 Å². The predicted molar refractivity (Wildman–Crippen MR) is 81.9 cm³/mol. The number of nitrogens with two attached hydrogens (primary N) is 1. The van der Waals surface area contributed by atoms with Crippen molar-refractivity contribution in [3.63, 3.8) is 0 Å². The van der Waals surface area contributed by atoms with Gasteiger partial charge in [-0.3, -0.25) is 0 Å². The molecule has 108 valence electrons. The van der Waals surface area contributed by atoms with Gasteiger partial charge in [-0.2, -0.15) is 0 Å². The lowest BCUT2D eigenvalue weighted by Crippen LogP contribution is -2.28. The standard InChI is InChI=1S/C16H28N2O/c1-11-8-12(14(10-17)18(5)6)15(19-7)13(9-11)16(2,3)4/h8-9,14H,10,17H2,1-7H3. The summed E-state index contributed by atoms with van der Waals surface area (Å²) in [5, 5.41) is 0. The van der Waals surface area contributed by atoms with Gasteiger partial charge >= 0.3 is 0 Å². The quantitative estimate of drug-likeness (QED) is 0.909. The number of ether oxygens (including phenoxy) is 1. The van der Waals surface area contributed by atoms with E-state index in [9.17, 15) is 0 Å². The first-order valence-corrected chi connectivity index (χ1v) is 6.77. The Labute approximate surface area is 117 Å². The molecule has 0 aliphatic carbocycles. The molecule has 0 spiro atoms. The van der Waals surface area contributed by atoms with Crippen molar-refractivity contribution >= 4 is 0 Å². The van der Waals surface area contributed by atoms with Crippen molar-refractivity contribution in [3.05, 3.63) is 28.8 Å². The van der Waals surface area contributed by atoms with E-state index in [4.69, 9.17) is 10.5 Å². The summed E-state index contributed by atoms with van der Waals surface area (Å²) in [7, 11) is 5.85. The highest BCUT2D eigenvalue weighted by atomic mass is 16.5. The van der Waals surface area contributed by atoms with Gasteiger partial charge in [0.15, 0.2) is 0 Å². The van der Waals surface area contributed by atoms with Crippen molar-refractivity contribution in [2.75, 3.05) is 27.7 Å². The van der Waals surface area contributed by atoms with Crippen LogP contribution in [0.3, 0.4) is 0 Å². The molecule has 1 aromatic carbocycles. The number of rotatable bonds is 4. The molecule has 0 radical (unpaired) electrons. The second kappa shape index (κ2) is 5.93. The molecule has 19 heavy (non-hydrogen) atoms. The number of aryl methyl sites for hydroxylation is 1. The highest BCUT2D eigenvalue weighted by Gasteiger charge is 2.25. The summed E-state index contributed by atoms with van der Waals surface area (Å²) >= 11 is 0. The monoisotopic (exact) mass is 264 g/mol. The SMILES string of the molecule is COc1c(C(CN)N(C)C)cc(C)cc1C(C)(C)C. The third kappa shape index (κ3) is 3.48. The first-order valence-electron chi connectivity index (χ1n) is 6.77. The predicted octanol–water partition coefficient (Wildman–Crippen LogP) is 2.86. The fourth-order valence-corrected chi connectivity index (χ4v) is 2.45. The van der Waals surface area contributed by atoms with Crippen LogP contribution in [0.2, 0.25) is 0 Å². The smallest absolute Gasteiger partial charge is 0.127 e. The zero-order valence-electron chi connectivity index (χ0n) is 13.4. The molecule has 0 aliphatic heterocycles. The molecule has 1 unspecified atom stereocenters. The molecular formula is C16H28N2O. The van der Waals surface area contributed by atoms with Crippen molar-refractivity contribution < 1.29 is 4.74 Å². The maximum absolute atomic E-state index is 5.94. The Hall–Kier alpha value is -1.06. The van der Waals surface area contributed by atoms with Crippen molar-refractivity contribution in [2.24, 2.45) is 5.73 Å². The minimum Gasteiger partial charge on any atom is -0.496 e. The summed E-state index contributed by atoms with van der Waals surface area (Å²) in [6, 6.07) is 4.58. The van der Waals surface area contributed by atoms with Gasteiger partial charge in [-0.25, -0.2) is 0 Å². The lowest BCUT2D eigenvalue weighted by molar-refractivity contribution is 0.292. The molecule has 0 saturated carbocycles. The molecule has 3 heteroatoms. The van der Waals surface area contributed by atoms with Gasteiger partial charge in [0.2, 0.25) is 0 Å². The average molecular weight is 264 g/mol. The largest absolute Gasteiger partial charge is 0.496 e. The van der Waals surface area contributed by atoms with Gasteiger partial charge in [-0.15, -0.1) is 0 Å². The summed E-state index contributed by atoms with van der Waals surface area (Å²) < 4.78 is 5.71. The second-order valence-corrected chi connectivity index (χ2v) is 6.40. The van der Waals surface area contributed by atoms with Crippen LogP contribution in [0.5, 0.6) is 5.75 Å². The first kappa shape index (κ1) is 16.0. The van der Waals surface area contributed by atoms with Gasteiger partial charge < -0.3 is 15.4 Å². The first-order chi connectivity index (χ1) is 8.72. The van der Waals surface area contributed by atoms with Gasteiger partial charge in [0, 0.05) is 17.7 Å². The van der Waals surface area contributed by atoms with Gasteiger partial charge in [0.25, 0.3) is 0 Å². The molecule has 1 rings (SSSR count). The molecular weight excluding hydrogens is 236 g/mol. The Kier molecular flexibility index (Phi) is 4.99. The third-order valence-corrected chi connectivity index (χ3v) is 3.48. The Balaban J connectivity index is 3.51. The maximum Gasteiger partial charge on any atom is 0.127 e. The summed E-state index contributed by atoms with van der Waals surface area (Å²) in [6.45, 7) is 9.33. The summed E-state index contributed by atoms with van der Waals surface area (Å²) in [4.78, 5) is 2.14. The highest BCUT2D eigenvalue weighted by Crippen LogP contribution is 2.38. The van der Waals surface area contributed by atoms with E-state index in [0.717, 1.165) is 5.75 Å². The number of methoxy groups -OCH3 is 1. The highest BCUT2D eigenvalue weighted by molar-refractivity contribution is 5.49. The zero-order chi connectivity index (χ0) is 14.8. The van der Waals surface area contributed by atoms with E-state index in [2.05, 4.69) is 58.8 Å². The van der Waals surface area contributed by atoms with E-state index in [1.165, 1.54) is 16.7 Å². The van der Waals surface area contributed by atoms with Crippen molar-refractivity contribution in [2.45, 2.75) is 39.2 Å². The van der Waals surface area contributed by atoms with Crippen molar-refractivity contribution in [1.82, 2.24) is 4.90 Å². The van der Waals surface area contributed by atoms with Crippen LogP contribution in [-0.4, -0.2) is 32.6 Å². The van der Waals surface area contributed by atoms with Crippen LogP contribution >= 0.6 is 0 Å². The van der Waals surface area contributed by atoms with E-state index in [-0.39, 0.29) is 11.5 Å². The summed E-state index contributed by atoms with van der Waals surface area (Å²) in [5.41, 5.74) is 9.67. The fraction of sp³-hybridized carbons (Fsp3) is 0.625. The van der Waals surface area contributed by atoms with Crippen LogP contribution in [0, 0.1) is 6.92 Å². The molecule has 0 bridgehead atoms. The zero-order valence-corrected chi connectivity index (χ0v) is 13.4. The van der Waals surface area contributed by atoms with Crippen molar-refractivity contribution in [3.8, 4) is 5.75 Å². The van der Waals surface area contributed by atoms with E-state index < -0.39 is 0 Å². The maximum atomic E-state index is 5.94. The molecule has 0 amide bonds. The molecule has 1 aromatic rings. The Bertz CT molecular complexity index is 433. The van der Waals surface area contributed by atoms with Crippen LogP contribution < -0.4 is 10.5 Å². The average Bonchev–Trinajstić information content (AvgIpc) is 2.27. The number of hydrogen-bond donors (Lipinski definition) is 1. The third-order valence-electron chi connectivity index (χ3n) is 3.48. The molecule has 0 aliphatic rings. The number of hydrogen-bond acceptors (Lipinski definition) is 3. The van der Waals surface area contributed by atoms with E-state index in [0.29, 0.717) is 6.54 Å². The normalized spacial score (nSPS) is 13.7. The van der Waals surface area contributed by atoms with Gasteiger partial charge in [-0.1, -0.05) is 38.5 Å². The molecule has 1 atom stereocenters.